The van der Waals surface area contributed by atoms with Gasteiger partial charge in [0.05, 0.1) is 5.92 Å². The Bertz CT molecular complexity index is 240. The minimum Gasteiger partial charge on any atom is -0.314 e. The van der Waals surface area contributed by atoms with Crippen LogP contribution in [0.4, 0.5) is 13.2 Å². The Morgan fingerprint density at radius 3 is 2.39 bits per heavy atom. The van der Waals surface area contributed by atoms with Crippen molar-refractivity contribution in [2.24, 2.45) is 17.8 Å². The zero-order valence-electron chi connectivity index (χ0n) is 11.7. The van der Waals surface area contributed by atoms with E-state index >= 15 is 0 Å². The van der Waals surface area contributed by atoms with E-state index in [9.17, 15) is 13.2 Å². The molecule has 0 bridgehead atoms. The van der Waals surface area contributed by atoms with Crippen LogP contribution in [0.15, 0.2) is 0 Å². The van der Waals surface area contributed by atoms with E-state index in [4.69, 9.17) is 0 Å². The molecule has 108 valence electrons. The molecule has 0 amide bonds. The zero-order chi connectivity index (χ0) is 13.8. The molecule has 1 aliphatic carbocycles. The van der Waals surface area contributed by atoms with Gasteiger partial charge in [0.15, 0.2) is 0 Å². The third-order valence-corrected chi connectivity index (χ3v) is 4.38. The van der Waals surface area contributed by atoms with E-state index in [2.05, 4.69) is 19.2 Å². The lowest BCUT2D eigenvalue weighted by molar-refractivity contribution is -0.187. The second-order valence-electron chi connectivity index (χ2n) is 5.63. The Balaban J connectivity index is 2.67. The summed E-state index contributed by atoms with van der Waals surface area (Å²) in [5.41, 5.74) is 0. The SMILES string of the molecule is CCNC(C(C)CC)C1CCCC(C(F)(F)F)C1. The van der Waals surface area contributed by atoms with Crippen molar-refractivity contribution in [3.63, 3.8) is 0 Å². The standard InChI is InChI=1S/C14H26F3N/c1-4-10(3)13(18-5-2)11-7-6-8-12(9-11)14(15,16)17/h10-13,18H,4-9H2,1-3H3. The van der Waals surface area contributed by atoms with Gasteiger partial charge in [-0.25, -0.2) is 0 Å². The summed E-state index contributed by atoms with van der Waals surface area (Å²) in [4.78, 5) is 0. The average molecular weight is 265 g/mol. The Morgan fingerprint density at radius 1 is 1.22 bits per heavy atom. The van der Waals surface area contributed by atoms with Gasteiger partial charge in [0.1, 0.15) is 0 Å². The Morgan fingerprint density at radius 2 is 1.89 bits per heavy atom. The quantitative estimate of drug-likeness (QED) is 0.778. The fourth-order valence-electron chi connectivity index (χ4n) is 3.17. The molecule has 0 saturated heterocycles. The van der Waals surface area contributed by atoms with Crippen LogP contribution in [0.5, 0.6) is 0 Å². The normalized spacial score (nSPS) is 29.0. The van der Waals surface area contributed by atoms with Gasteiger partial charge in [-0.15, -0.1) is 0 Å². The molecule has 1 saturated carbocycles. The summed E-state index contributed by atoms with van der Waals surface area (Å²) >= 11 is 0. The van der Waals surface area contributed by atoms with Gasteiger partial charge in [-0.3, -0.25) is 0 Å². The smallest absolute Gasteiger partial charge is 0.314 e. The Hall–Kier alpha value is -0.250. The lowest BCUT2D eigenvalue weighted by atomic mass is 9.74. The van der Waals surface area contributed by atoms with Crippen molar-refractivity contribution in [3.8, 4) is 0 Å². The van der Waals surface area contributed by atoms with Crippen molar-refractivity contribution >= 4 is 0 Å². The molecule has 0 aromatic rings. The van der Waals surface area contributed by atoms with Gasteiger partial charge < -0.3 is 5.32 Å². The van der Waals surface area contributed by atoms with E-state index in [1.54, 1.807) is 0 Å². The molecular weight excluding hydrogens is 239 g/mol. The van der Waals surface area contributed by atoms with Gasteiger partial charge in [-0.1, -0.05) is 33.6 Å². The molecule has 4 heteroatoms. The van der Waals surface area contributed by atoms with E-state index in [-0.39, 0.29) is 12.0 Å². The average Bonchev–Trinajstić information content (AvgIpc) is 2.34. The molecule has 0 aromatic carbocycles. The van der Waals surface area contributed by atoms with Gasteiger partial charge in [0, 0.05) is 6.04 Å². The first-order chi connectivity index (χ1) is 8.40. The van der Waals surface area contributed by atoms with Gasteiger partial charge >= 0.3 is 6.18 Å². The summed E-state index contributed by atoms with van der Waals surface area (Å²) in [6.45, 7) is 7.12. The molecule has 1 nitrogen and oxygen atoms in total. The van der Waals surface area contributed by atoms with E-state index in [1.807, 2.05) is 6.92 Å². The fourth-order valence-corrected chi connectivity index (χ4v) is 3.17. The van der Waals surface area contributed by atoms with Crippen LogP contribution in [0.25, 0.3) is 0 Å². The highest BCUT2D eigenvalue weighted by Crippen LogP contribution is 2.42. The third-order valence-electron chi connectivity index (χ3n) is 4.38. The number of rotatable bonds is 5. The molecule has 0 spiro atoms. The van der Waals surface area contributed by atoms with Crippen molar-refractivity contribution in [2.75, 3.05) is 6.54 Å². The molecular formula is C14H26F3N. The lowest BCUT2D eigenvalue weighted by Gasteiger charge is -2.38. The molecule has 0 aromatic heterocycles. The number of hydrogen-bond donors (Lipinski definition) is 1. The van der Waals surface area contributed by atoms with Gasteiger partial charge in [-0.2, -0.15) is 13.2 Å². The van der Waals surface area contributed by atoms with Gasteiger partial charge in [0.25, 0.3) is 0 Å². The molecule has 1 N–H and O–H groups in total. The molecule has 4 unspecified atom stereocenters. The van der Waals surface area contributed by atoms with Crippen LogP contribution in [0, 0.1) is 17.8 Å². The summed E-state index contributed by atoms with van der Waals surface area (Å²) in [6.07, 6.45) is -0.706. The second kappa shape index (κ2) is 6.78. The minimum atomic E-state index is -4.01. The molecule has 0 heterocycles. The summed E-state index contributed by atoms with van der Waals surface area (Å²) in [7, 11) is 0. The third kappa shape index (κ3) is 4.15. The molecule has 4 atom stereocenters. The molecule has 0 aliphatic heterocycles. The first kappa shape index (κ1) is 15.8. The highest BCUT2D eigenvalue weighted by atomic mass is 19.4. The van der Waals surface area contributed by atoms with Crippen molar-refractivity contribution < 1.29 is 13.2 Å². The maximum absolute atomic E-state index is 12.8. The van der Waals surface area contributed by atoms with Crippen LogP contribution in [0.1, 0.15) is 52.9 Å². The lowest BCUT2D eigenvalue weighted by Crippen LogP contribution is -2.44. The van der Waals surface area contributed by atoms with Crippen molar-refractivity contribution in [2.45, 2.75) is 65.1 Å². The Labute approximate surface area is 109 Å². The predicted molar refractivity (Wildman–Crippen MR) is 68.4 cm³/mol. The zero-order valence-corrected chi connectivity index (χ0v) is 11.7. The molecule has 1 rings (SSSR count). The first-order valence-corrected chi connectivity index (χ1v) is 7.20. The van der Waals surface area contributed by atoms with E-state index in [0.717, 1.165) is 19.4 Å². The van der Waals surface area contributed by atoms with Crippen LogP contribution in [0.2, 0.25) is 0 Å². The van der Waals surface area contributed by atoms with Crippen LogP contribution < -0.4 is 5.32 Å². The maximum Gasteiger partial charge on any atom is 0.391 e. The van der Waals surface area contributed by atoms with Crippen molar-refractivity contribution in [1.29, 1.82) is 0 Å². The largest absolute Gasteiger partial charge is 0.391 e. The van der Waals surface area contributed by atoms with E-state index in [0.29, 0.717) is 25.2 Å². The summed E-state index contributed by atoms with van der Waals surface area (Å²) < 4.78 is 38.5. The van der Waals surface area contributed by atoms with Crippen LogP contribution >= 0.6 is 0 Å². The number of hydrogen-bond acceptors (Lipinski definition) is 1. The van der Waals surface area contributed by atoms with Crippen LogP contribution in [-0.4, -0.2) is 18.8 Å². The minimum absolute atomic E-state index is 0.181. The fraction of sp³-hybridized carbons (Fsp3) is 1.00. The highest BCUT2D eigenvalue weighted by molar-refractivity contribution is 4.87. The van der Waals surface area contributed by atoms with Gasteiger partial charge in [-0.05, 0) is 37.6 Å². The summed E-state index contributed by atoms with van der Waals surface area (Å²) in [6, 6.07) is 0.241. The number of nitrogens with one attached hydrogen (secondary N) is 1. The number of alkyl halides is 3. The molecule has 1 fully saturated rings. The predicted octanol–water partition coefficient (Wildman–Crippen LogP) is 4.38. The molecule has 0 radical (unpaired) electrons. The molecule has 18 heavy (non-hydrogen) atoms. The van der Waals surface area contributed by atoms with Crippen molar-refractivity contribution in [3.05, 3.63) is 0 Å². The van der Waals surface area contributed by atoms with Crippen LogP contribution in [0.3, 0.4) is 0 Å². The summed E-state index contributed by atoms with van der Waals surface area (Å²) in [5, 5.41) is 3.41. The number of halogens is 3. The van der Waals surface area contributed by atoms with Gasteiger partial charge in [0.2, 0.25) is 0 Å². The summed E-state index contributed by atoms with van der Waals surface area (Å²) in [5.74, 6) is -0.455. The topological polar surface area (TPSA) is 12.0 Å². The van der Waals surface area contributed by atoms with E-state index < -0.39 is 12.1 Å². The highest BCUT2D eigenvalue weighted by Gasteiger charge is 2.43. The maximum atomic E-state index is 12.8. The molecule has 1 aliphatic rings. The van der Waals surface area contributed by atoms with Crippen molar-refractivity contribution in [1.82, 2.24) is 5.32 Å². The van der Waals surface area contributed by atoms with E-state index in [1.165, 1.54) is 0 Å². The Kier molecular flexibility index (Phi) is 5.96. The first-order valence-electron chi connectivity index (χ1n) is 7.20. The second-order valence-corrected chi connectivity index (χ2v) is 5.63. The van der Waals surface area contributed by atoms with Crippen LogP contribution in [-0.2, 0) is 0 Å². The monoisotopic (exact) mass is 265 g/mol.